The number of aliphatic imine (C=N–C) groups is 1. The molecule has 5 heteroatoms. The third-order valence-corrected chi connectivity index (χ3v) is 4.06. The number of aliphatic hydroxyl groups is 1. The molecule has 0 atom stereocenters. The van der Waals surface area contributed by atoms with E-state index in [9.17, 15) is 9.90 Å². The zero-order valence-corrected chi connectivity index (χ0v) is 14.3. The number of hydrogen-bond acceptors (Lipinski definition) is 5. The van der Waals surface area contributed by atoms with Gasteiger partial charge in [0.15, 0.2) is 5.78 Å². The monoisotopic (exact) mass is 334 g/mol. The molecular formula is C20H18N2O3. The van der Waals surface area contributed by atoms with E-state index in [0.29, 0.717) is 22.5 Å². The molecule has 3 rings (SSSR count). The highest BCUT2D eigenvalue weighted by Crippen LogP contribution is 2.32. The largest absolute Gasteiger partial charge is 0.506 e. The van der Waals surface area contributed by atoms with Gasteiger partial charge in [-0.25, -0.2) is 0 Å². The first kappa shape index (κ1) is 16.6. The van der Waals surface area contributed by atoms with Crippen molar-refractivity contribution in [2.45, 2.75) is 13.8 Å². The van der Waals surface area contributed by atoms with Gasteiger partial charge in [0, 0.05) is 11.1 Å². The molecule has 126 valence electrons. The maximum Gasteiger partial charge on any atom is 0.199 e. The summed E-state index contributed by atoms with van der Waals surface area (Å²) in [6, 6.07) is 14.4. The molecule has 2 aromatic rings. The van der Waals surface area contributed by atoms with Crippen LogP contribution in [0.4, 0.5) is 5.69 Å². The van der Waals surface area contributed by atoms with Crippen molar-refractivity contribution in [3.05, 3.63) is 70.8 Å². The van der Waals surface area contributed by atoms with Crippen LogP contribution < -0.4 is 0 Å². The number of allylic oxidation sites excluding steroid dienone is 1. The average molecular weight is 334 g/mol. The van der Waals surface area contributed by atoms with Gasteiger partial charge in [0.1, 0.15) is 12.9 Å². The third kappa shape index (κ3) is 3.08. The molecule has 0 radical (unpaired) electrons. The molecule has 0 spiro atoms. The molecule has 0 saturated heterocycles. The average Bonchev–Trinajstić information content (AvgIpc) is 2.87. The van der Waals surface area contributed by atoms with Crippen molar-refractivity contribution in [1.29, 1.82) is 0 Å². The Balaban J connectivity index is 1.92. The van der Waals surface area contributed by atoms with Crippen molar-refractivity contribution in [2.24, 2.45) is 10.1 Å². The summed E-state index contributed by atoms with van der Waals surface area (Å²) < 4.78 is 0. The van der Waals surface area contributed by atoms with Crippen LogP contribution in [-0.4, -0.2) is 29.4 Å². The molecule has 5 nitrogen and oxygen atoms in total. The van der Waals surface area contributed by atoms with Crippen LogP contribution >= 0.6 is 0 Å². The molecule has 1 N–H and O–H groups in total. The summed E-state index contributed by atoms with van der Waals surface area (Å²) in [5, 5.41) is 14.3. The molecule has 0 amide bonds. The van der Waals surface area contributed by atoms with E-state index >= 15 is 0 Å². The van der Waals surface area contributed by atoms with E-state index < -0.39 is 0 Å². The Morgan fingerprint density at radius 2 is 1.60 bits per heavy atom. The highest BCUT2D eigenvalue weighted by molar-refractivity contribution is 6.35. The van der Waals surface area contributed by atoms with Gasteiger partial charge in [0.05, 0.1) is 22.7 Å². The lowest BCUT2D eigenvalue weighted by Crippen LogP contribution is -2.07. The predicted molar refractivity (Wildman–Crippen MR) is 98.8 cm³/mol. The van der Waals surface area contributed by atoms with Crippen LogP contribution in [0.3, 0.4) is 0 Å². The van der Waals surface area contributed by atoms with Crippen molar-refractivity contribution in [3.63, 3.8) is 0 Å². The summed E-state index contributed by atoms with van der Waals surface area (Å²) in [6.45, 7) is 3.57. The lowest BCUT2D eigenvalue weighted by molar-refractivity contribution is 0.104. The Hall–Kier alpha value is -3.21. The maximum atomic E-state index is 12.5. The fraction of sp³-hybridized carbons (Fsp3) is 0.150. The normalized spacial score (nSPS) is 14.8. The van der Waals surface area contributed by atoms with Crippen LogP contribution in [-0.2, 0) is 4.84 Å². The second-order valence-corrected chi connectivity index (χ2v) is 5.70. The van der Waals surface area contributed by atoms with Crippen LogP contribution in [0.25, 0.3) is 5.76 Å². The van der Waals surface area contributed by atoms with E-state index in [1.54, 1.807) is 31.2 Å². The highest BCUT2D eigenvalue weighted by Gasteiger charge is 2.30. The van der Waals surface area contributed by atoms with Crippen LogP contribution in [0, 0.1) is 0 Å². The second kappa shape index (κ2) is 6.73. The molecular weight excluding hydrogens is 316 g/mol. The van der Waals surface area contributed by atoms with Crippen LogP contribution in [0.2, 0.25) is 0 Å². The number of oxime groups is 1. The zero-order chi connectivity index (χ0) is 18.0. The maximum absolute atomic E-state index is 12.5. The smallest absolute Gasteiger partial charge is 0.199 e. The van der Waals surface area contributed by atoms with Gasteiger partial charge in [0.25, 0.3) is 0 Å². The summed E-state index contributed by atoms with van der Waals surface area (Å²) in [6.07, 6.45) is 0. The summed E-state index contributed by atoms with van der Waals surface area (Å²) in [4.78, 5) is 21.8. The lowest BCUT2D eigenvalue weighted by Gasteiger charge is -2.04. The van der Waals surface area contributed by atoms with Crippen LogP contribution in [0.1, 0.15) is 35.3 Å². The topological polar surface area (TPSA) is 71.2 Å². The molecule has 1 aliphatic rings. The minimum absolute atomic E-state index is 0.0125. The summed E-state index contributed by atoms with van der Waals surface area (Å²) in [5.41, 5.74) is 4.16. The number of benzene rings is 2. The van der Waals surface area contributed by atoms with Crippen LogP contribution in [0.5, 0.6) is 0 Å². The lowest BCUT2D eigenvalue weighted by atomic mass is 10.1. The Kier molecular flexibility index (Phi) is 4.48. The van der Waals surface area contributed by atoms with E-state index in [1.807, 2.05) is 31.2 Å². The number of nitrogens with zero attached hydrogens (tertiary/aromatic N) is 2. The molecule has 0 bridgehead atoms. The molecule has 0 aliphatic heterocycles. The molecule has 0 fully saturated rings. The Morgan fingerprint density at radius 3 is 2.20 bits per heavy atom. The fourth-order valence-corrected chi connectivity index (χ4v) is 2.82. The van der Waals surface area contributed by atoms with Crippen molar-refractivity contribution < 1.29 is 14.7 Å². The SMILES string of the molecule is CO/N=C(/C)c1ccc(N=C(C)C2=C(O)c3ccccc3C2=O)cc1. The Bertz CT molecular complexity index is 922. The summed E-state index contributed by atoms with van der Waals surface area (Å²) >= 11 is 0. The van der Waals surface area contributed by atoms with Gasteiger partial charge in [-0.3, -0.25) is 9.79 Å². The first-order valence-corrected chi connectivity index (χ1v) is 7.84. The van der Waals surface area contributed by atoms with Crippen LogP contribution in [0.15, 0.2) is 64.3 Å². The quantitative estimate of drug-likeness (QED) is 0.669. The zero-order valence-electron chi connectivity index (χ0n) is 14.3. The molecule has 0 heterocycles. The van der Waals surface area contributed by atoms with Gasteiger partial charge >= 0.3 is 0 Å². The number of fused-ring (bicyclic) bond motifs is 1. The van der Waals surface area contributed by atoms with Crippen molar-refractivity contribution in [2.75, 3.05) is 7.11 Å². The minimum atomic E-state index is -0.200. The Labute approximate surface area is 146 Å². The van der Waals surface area contributed by atoms with Gasteiger partial charge in [-0.05, 0) is 31.5 Å². The first-order chi connectivity index (χ1) is 12.0. The number of hydrogen-bond donors (Lipinski definition) is 1. The van der Waals surface area contributed by atoms with Gasteiger partial charge in [0.2, 0.25) is 0 Å². The van der Waals surface area contributed by atoms with E-state index in [1.165, 1.54) is 7.11 Å². The van der Waals surface area contributed by atoms with Gasteiger partial charge < -0.3 is 9.94 Å². The summed E-state index contributed by atoms with van der Waals surface area (Å²) in [7, 11) is 1.50. The number of Topliss-reactive ketones (excluding diaryl/α,β-unsaturated/α-hetero) is 1. The summed E-state index contributed by atoms with van der Waals surface area (Å²) in [5.74, 6) is -0.212. The molecule has 0 unspecified atom stereocenters. The molecule has 1 aliphatic carbocycles. The highest BCUT2D eigenvalue weighted by atomic mass is 16.6. The van der Waals surface area contributed by atoms with E-state index in [0.717, 1.165) is 11.3 Å². The van der Waals surface area contributed by atoms with Gasteiger partial charge in [-0.15, -0.1) is 0 Å². The molecule has 2 aromatic carbocycles. The molecule has 0 saturated carbocycles. The van der Waals surface area contributed by atoms with E-state index in [-0.39, 0.29) is 17.1 Å². The van der Waals surface area contributed by atoms with Gasteiger partial charge in [-0.2, -0.15) is 0 Å². The first-order valence-electron chi connectivity index (χ1n) is 7.84. The number of aliphatic hydroxyl groups excluding tert-OH is 1. The van der Waals surface area contributed by atoms with Crippen molar-refractivity contribution in [3.8, 4) is 0 Å². The number of carbonyl (C=O) groups is 1. The third-order valence-electron chi connectivity index (χ3n) is 4.06. The second-order valence-electron chi connectivity index (χ2n) is 5.70. The van der Waals surface area contributed by atoms with Crippen molar-refractivity contribution >= 4 is 28.7 Å². The molecule has 25 heavy (non-hydrogen) atoms. The predicted octanol–water partition coefficient (Wildman–Crippen LogP) is 4.32. The van der Waals surface area contributed by atoms with E-state index in [2.05, 4.69) is 10.1 Å². The van der Waals surface area contributed by atoms with Gasteiger partial charge in [-0.1, -0.05) is 41.6 Å². The minimum Gasteiger partial charge on any atom is -0.506 e. The number of rotatable bonds is 4. The molecule has 0 aromatic heterocycles. The Morgan fingerprint density at radius 1 is 0.960 bits per heavy atom. The standard InChI is InChI=1S/C20H18N2O3/c1-12(22-25-3)14-8-10-15(11-9-14)21-13(2)18-19(23)16-6-4-5-7-17(16)20(18)24/h4-11,23H,1-3H3/b21-13?,22-12-. The number of carbonyl (C=O) groups excluding carboxylic acids is 1. The van der Waals surface area contributed by atoms with Crippen molar-refractivity contribution in [1.82, 2.24) is 0 Å². The number of ketones is 1. The fourth-order valence-electron chi connectivity index (χ4n) is 2.82. The van der Waals surface area contributed by atoms with E-state index in [4.69, 9.17) is 4.84 Å².